The average molecular weight is 265 g/mol. The Morgan fingerprint density at radius 1 is 1.39 bits per heavy atom. The number of thioether (sulfide) groups is 1. The lowest BCUT2D eigenvalue weighted by molar-refractivity contribution is 0.239. The molecule has 1 aliphatic rings. The van der Waals surface area contributed by atoms with E-state index >= 15 is 0 Å². The number of hydrogen-bond acceptors (Lipinski definition) is 3. The van der Waals surface area contributed by atoms with E-state index in [1.807, 2.05) is 11.8 Å². The van der Waals surface area contributed by atoms with Gasteiger partial charge in [0.15, 0.2) is 0 Å². The van der Waals surface area contributed by atoms with Crippen LogP contribution in [0.1, 0.15) is 30.4 Å². The summed E-state index contributed by atoms with van der Waals surface area (Å²) >= 11 is 1.96. The van der Waals surface area contributed by atoms with Gasteiger partial charge in [-0.05, 0) is 43.1 Å². The van der Waals surface area contributed by atoms with Crippen molar-refractivity contribution in [3.05, 3.63) is 35.4 Å². The van der Waals surface area contributed by atoms with Crippen LogP contribution in [0.2, 0.25) is 0 Å². The number of benzene rings is 1. The van der Waals surface area contributed by atoms with Crippen LogP contribution < -0.4 is 5.32 Å². The summed E-state index contributed by atoms with van der Waals surface area (Å²) in [6, 6.07) is 9.54. The van der Waals surface area contributed by atoms with Crippen LogP contribution in [-0.2, 0) is 5.75 Å². The first-order chi connectivity index (χ1) is 8.79. The minimum atomic E-state index is 0.265. The summed E-state index contributed by atoms with van der Waals surface area (Å²) in [6.45, 7) is 2.43. The Hall–Kier alpha value is -0.510. The Morgan fingerprint density at radius 2 is 2.17 bits per heavy atom. The zero-order valence-corrected chi connectivity index (χ0v) is 11.9. The molecule has 0 saturated heterocycles. The third-order valence-electron chi connectivity index (χ3n) is 3.40. The topological polar surface area (TPSA) is 32.3 Å². The molecule has 18 heavy (non-hydrogen) atoms. The summed E-state index contributed by atoms with van der Waals surface area (Å²) in [7, 11) is 0. The van der Waals surface area contributed by atoms with E-state index in [9.17, 15) is 5.11 Å². The van der Waals surface area contributed by atoms with E-state index in [0.29, 0.717) is 12.1 Å². The summed E-state index contributed by atoms with van der Waals surface area (Å²) < 4.78 is 0. The van der Waals surface area contributed by atoms with Gasteiger partial charge in [-0.15, -0.1) is 0 Å². The van der Waals surface area contributed by atoms with Gasteiger partial charge in [0.25, 0.3) is 0 Å². The standard InChI is InChI=1S/C15H23NOS/c1-12-4-2-3-5-13(12)11-18-9-8-15(10-17)16-14-6-7-14/h2-5,14-17H,6-11H2,1H3. The Morgan fingerprint density at radius 3 is 2.83 bits per heavy atom. The zero-order chi connectivity index (χ0) is 12.8. The zero-order valence-electron chi connectivity index (χ0n) is 11.1. The van der Waals surface area contributed by atoms with Gasteiger partial charge < -0.3 is 10.4 Å². The summed E-state index contributed by atoms with van der Waals surface area (Å²) in [4.78, 5) is 0. The monoisotopic (exact) mass is 265 g/mol. The summed E-state index contributed by atoms with van der Waals surface area (Å²) in [5, 5.41) is 12.8. The molecule has 1 fully saturated rings. The maximum absolute atomic E-state index is 9.29. The van der Waals surface area contributed by atoms with Gasteiger partial charge in [-0.1, -0.05) is 24.3 Å². The SMILES string of the molecule is Cc1ccccc1CSCCC(CO)NC1CC1. The third kappa shape index (κ3) is 4.63. The van der Waals surface area contributed by atoms with Crippen molar-refractivity contribution in [1.29, 1.82) is 0 Å². The third-order valence-corrected chi connectivity index (χ3v) is 4.44. The molecular weight excluding hydrogens is 242 g/mol. The molecule has 1 aromatic carbocycles. The summed E-state index contributed by atoms with van der Waals surface area (Å²) in [6.07, 6.45) is 3.63. The molecule has 3 heteroatoms. The maximum Gasteiger partial charge on any atom is 0.0585 e. The van der Waals surface area contributed by atoms with Crippen molar-refractivity contribution < 1.29 is 5.11 Å². The first-order valence-corrected chi connectivity index (χ1v) is 7.94. The van der Waals surface area contributed by atoms with Gasteiger partial charge in [0, 0.05) is 17.8 Å². The largest absolute Gasteiger partial charge is 0.395 e. The Labute approximate surface area is 114 Å². The molecule has 0 aliphatic heterocycles. The van der Waals surface area contributed by atoms with E-state index in [-0.39, 0.29) is 6.61 Å². The molecule has 0 aromatic heterocycles. The van der Waals surface area contributed by atoms with Crippen molar-refractivity contribution >= 4 is 11.8 Å². The van der Waals surface area contributed by atoms with Crippen molar-refractivity contribution in [2.45, 2.75) is 44.0 Å². The minimum Gasteiger partial charge on any atom is -0.395 e. The molecule has 100 valence electrons. The molecule has 2 rings (SSSR count). The molecule has 1 aliphatic carbocycles. The smallest absolute Gasteiger partial charge is 0.0585 e. The second kappa shape index (κ2) is 7.17. The molecule has 0 bridgehead atoms. The number of hydrogen-bond donors (Lipinski definition) is 2. The van der Waals surface area contributed by atoms with Gasteiger partial charge in [-0.3, -0.25) is 0 Å². The summed E-state index contributed by atoms with van der Waals surface area (Å²) in [5.74, 6) is 2.19. The molecule has 0 heterocycles. The summed E-state index contributed by atoms with van der Waals surface area (Å²) in [5.41, 5.74) is 2.80. The highest BCUT2D eigenvalue weighted by molar-refractivity contribution is 7.98. The van der Waals surface area contributed by atoms with Gasteiger partial charge in [0.2, 0.25) is 0 Å². The highest BCUT2D eigenvalue weighted by Gasteiger charge is 2.23. The van der Waals surface area contributed by atoms with Gasteiger partial charge in [-0.2, -0.15) is 11.8 Å². The number of nitrogens with one attached hydrogen (secondary N) is 1. The number of aryl methyl sites for hydroxylation is 1. The molecule has 0 spiro atoms. The molecule has 2 nitrogen and oxygen atoms in total. The fraction of sp³-hybridized carbons (Fsp3) is 0.600. The van der Waals surface area contributed by atoms with Crippen molar-refractivity contribution in [3.8, 4) is 0 Å². The van der Waals surface area contributed by atoms with Crippen LogP contribution >= 0.6 is 11.8 Å². The Balaban J connectivity index is 1.64. The Kier molecular flexibility index (Phi) is 5.54. The van der Waals surface area contributed by atoms with E-state index < -0.39 is 0 Å². The first-order valence-electron chi connectivity index (χ1n) is 6.78. The van der Waals surface area contributed by atoms with Crippen molar-refractivity contribution in [1.82, 2.24) is 5.32 Å². The molecule has 0 radical (unpaired) electrons. The molecular formula is C15H23NOS. The van der Waals surface area contributed by atoms with Crippen molar-refractivity contribution in [3.63, 3.8) is 0 Å². The van der Waals surface area contributed by atoms with Gasteiger partial charge in [0.05, 0.1) is 6.61 Å². The average Bonchev–Trinajstić information content (AvgIpc) is 3.19. The van der Waals surface area contributed by atoms with Crippen LogP contribution in [0.15, 0.2) is 24.3 Å². The van der Waals surface area contributed by atoms with Crippen molar-refractivity contribution in [2.75, 3.05) is 12.4 Å². The van der Waals surface area contributed by atoms with Crippen LogP contribution in [0.3, 0.4) is 0 Å². The fourth-order valence-electron chi connectivity index (χ4n) is 1.99. The van der Waals surface area contributed by atoms with Gasteiger partial charge in [0.1, 0.15) is 0 Å². The highest BCUT2D eigenvalue weighted by Crippen LogP contribution is 2.21. The van der Waals surface area contributed by atoms with Crippen LogP contribution in [-0.4, -0.2) is 29.5 Å². The molecule has 1 unspecified atom stereocenters. The van der Waals surface area contributed by atoms with Crippen LogP contribution in [0.5, 0.6) is 0 Å². The van der Waals surface area contributed by atoms with Crippen LogP contribution in [0.25, 0.3) is 0 Å². The maximum atomic E-state index is 9.29. The van der Waals surface area contributed by atoms with E-state index in [0.717, 1.165) is 17.9 Å². The quantitative estimate of drug-likeness (QED) is 0.709. The highest BCUT2D eigenvalue weighted by atomic mass is 32.2. The number of aliphatic hydroxyl groups is 1. The van der Waals surface area contributed by atoms with Gasteiger partial charge in [-0.25, -0.2) is 0 Å². The van der Waals surface area contributed by atoms with E-state index in [4.69, 9.17) is 0 Å². The fourth-order valence-corrected chi connectivity index (χ4v) is 3.13. The van der Waals surface area contributed by atoms with E-state index in [1.54, 1.807) is 0 Å². The lowest BCUT2D eigenvalue weighted by Gasteiger charge is -2.15. The predicted molar refractivity (Wildman–Crippen MR) is 79.0 cm³/mol. The molecule has 2 N–H and O–H groups in total. The second-order valence-electron chi connectivity index (χ2n) is 5.09. The lowest BCUT2D eigenvalue weighted by Crippen LogP contribution is -2.34. The van der Waals surface area contributed by atoms with Crippen LogP contribution in [0.4, 0.5) is 0 Å². The minimum absolute atomic E-state index is 0.265. The first kappa shape index (κ1) is 13.9. The Bertz CT molecular complexity index is 365. The predicted octanol–water partition coefficient (Wildman–Crippen LogP) is 2.73. The van der Waals surface area contributed by atoms with E-state index in [1.165, 1.54) is 24.0 Å². The lowest BCUT2D eigenvalue weighted by atomic mass is 10.1. The number of aliphatic hydroxyl groups excluding tert-OH is 1. The molecule has 0 amide bonds. The normalized spacial score (nSPS) is 16.8. The van der Waals surface area contributed by atoms with Crippen molar-refractivity contribution in [2.24, 2.45) is 0 Å². The van der Waals surface area contributed by atoms with Gasteiger partial charge >= 0.3 is 0 Å². The number of rotatable bonds is 8. The molecule has 1 saturated carbocycles. The second-order valence-corrected chi connectivity index (χ2v) is 6.19. The molecule has 1 atom stereocenters. The molecule has 1 aromatic rings. The van der Waals surface area contributed by atoms with E-state index in [2.05, 4.69) is 36.5 Å². The van der Waals surface area contributed by atoms with Crippen LogP contribution in [0, 0.1) is 6.92 Å².